The Morgan fingerprint density at radius 2 is 1.86 bits per heavy atom. The lowest BCUT2D eigenvalue weighted by molar-refractivity contribution is -0.131. The highest BCUT2D eigenvalue weighted by atomic mass is 32.2. The number of amides is 2. The van der Waals surface area contributed by atoms with Crippen molar-refractivity contribution in [2.45, 2.75) is 57.7 Å². The molecule has 1 N–H and O–H groups in total. The van der Waals surface area contributed by atoms with Gasteiger partial charge in [-0.3, -0.25) is 9.59 Å². The SMILES string of the molecule is Cc1cc(C)c(NC(=O)CN(C)C(=O)CSc2nnnn2C2CCCC2)c(C)c1. The number of carbonyl (C=O) groups is 2. The summed E-state index contributed by atoms with van der Waals surface area (Å²) in [5.74, 6) is -0.153. The zero-order chi connectivity index (χ0) is 21.0. The summed E-state index contributed by atoms with van der Waals surface area (Å²) in [5, 5.41) is 15.5. The monoisotopic (exact) mass is 416 g/mol. The predicted octanol–water partition coefficient (Wildman–Crippen LogP) is 2.90. The van der Waals surface area contributed by atoms with E-state index in [1.807, 2.05) is 37.6 Å². The van der Waals surface area contributed by atoms with E-state index in [2.05, 4.69) is 20.8 Å². The summed E-state index contributed by atoms with van der Waals surface area (Å²) in [7, 11) is 1.64. The van der Waals surface area contributed by atoms with Crippen molar-refractivity contribution in [3.05, 3.63) is 28.8 Å². The Morgan fingerprint density at radius 1 is 1.21 bits per heavy atom. The van der Waals surface area contributed by atoms with Gasteiger partial charge in [0.2, 0.25) is 17.0 Å². The first-order valence-electron chi connectivity index (χ1n) is 9.87. The maximum absolute atomic E-state index is 12.5. The fourth-order valence-corrected chi connectivity index (χ4v) is 4.64. The first kappa shape index (κ1) is 21.3. The smallest absolute Gasteiger partial charge is 0.243 e. The van der Waals surface area contributed by atoms with Crippen molar-refractivity contribution in [1.82, 2.24) is 25.1 Å². The van der Waals surface area contributed by atoms with Crippen molar-refractivity contribution in [2.75, 3.05) is 24.7 Å². The second kappa shape index (κ2) is 9.39. The third-order valence-corrected chi connectivity index (χ3v) is 6.12. The van der Waals surface area contributed by atoms with Crippen LogP contribution in [-0.2, 0) is 9.59 Å². The number of rotatable bonds is 7. The number of hydrogen-bond acceptors (Lipinski definition) is 6. The maximum Gasteiger partial charge on any atom is 0.243 e. The van der Waals surface area contributed by atoms with Gasteiger partial charge < -0.3 is 10.2 Å². The summed E-state index contributed by atoms with van der Waals surface area (Å²) in [4.78, 5) is 26.3. The van der Waals surface area contributed by atoms with E-state index in [1.54, 1.807) is 7.05 Å². The molecule has 0 saturated heterocycles. The van der Waals surface area contributed by atoms with Gasteiger partial charge in [0.05, 0.1) is 18.3 Å². The minimum atomic E-state index is -0.211. The minimum absolute atomic E-state index is 0.000283. The Morgan fingerprint density at radius 3 is 2.52 bits per heavy atom. The van der Waals surface area contributed by atoms with Crippen LogP contribution in [-0.4, -0.2) is 56.3 Å². The van der Waals surface area contributed by atoms with Crippen molar-refractivity contribution >= 4 is 29.3 Å². The van der Waals surface area contributed by atoms with E-state index >= 15 is 0 Å². The predicted molar refractivity (Wildman–Crippen MR) is 113 cm³/mol. The first-order valence-corrected chi connectivity index (χ1v) is 10.9. The van der Waals surface area contributed by atoms with Crippen LogP contribution in [0.5, 0.6) is 0 Å². The number of likely N-dealkylation sites (N-methyl/N-ethyl adjacent to an activating group) is 1. The molecule has 0 unspecified atom stereocenters. The van der Waals surface area contributed by atoms with Gasteiger partial charge in [-0.05, 0) is 55.2 Å². The molecule has 1 aliphatic rings. The molecular weight excluding hydrogens is 388 g/mol. The van der Waals surface area contributed by atoms with E-state index in [9.17, 15) is 9.59 Å². The number of aromatic nitrogens is 4. The van der Waals surface area contributed by atoms with Gasteiger partial charge in [0.25, 0.3) is 0 Å². The van der Waals surface area contributed by atoms with Gasteiger partial charge in [-0.15, -0.1) is 5.10 Å². The molecular formula is C20H28N6O2S. The number of benzene rings is 1. The molecule has 29 heavy (non-hydrogen) atoms. The summed E-state index contributed by atoms with van der Waals surface area (Å²) >= 11 is 1.32. The van der Waals surface area contributed by atoms with Crippen LogP contribution in [0.25, 0.3) is 0 Å². The third-order valence-electron chi connectivity index (χ3n) is 5.21. The van der Waals surface area contributed by atoms with Gasteiger partial charge in [0.15, 0.2) is 0 Å². The molecule has 1 fully saturated rings. The van der Waals surface area contributed by atoms with E-state index < -0.39 is 0 Å². The van der Waals surface area contributed by atoms with Crippen molar-refractivity contribution in [2.24, 2.45) is 0 Å². The van der Waals surface area contributed by atoms with Crippen molar-refractivity contribution in [1.29, 1.82) is 0 Å². The summed E-state index contributed by atoms with van der Waals surface area (Å²) in [5.41, 5.74) is 3.99. The quantitative estimate of drug-likeness (QED) is 0.698. The number of tetrazole rings is 1. The van der Waals surface area contributed by atoms with Crippen LogP contribution >= 0.6 is 11.8 Å². The van der Waals surface area contributed by atoms with Crippen LogP contribution in [0, 0.1) is 20.8 Å². The molecule has 156 valence electrons. The molecule has 1 aromatic carbocycles. The van der Waals surface area contributed by atoms with Crippen LogP contribution in [0.1, 0.15) is 48.4 Å². The van der Waals surface area contributed by atoms with Crippen molar-refractivity contribution in [3.63, 3.8) is 0 Å². The molecule has 0 bridgehead atoms. The lowest BCUT2D eigenvalue weighted by atomic mass is 10.1. The number of hydrogen-bond donors (Lipinski definition) is 1. The Balaban J connectivity index is 1.52. The molecule has 9 heteroatoms. The van der Waals surface area contributed by atoms with E-state index in [1.165, 1.54) is 29.5 Å². The van der Waals surface area contributed by atoms with Gasteiger partial charge in [0.1, 0.15) is 0 Å². The molecule has 0 aliphatic heterocycles. The molecule has 2 amide bonds. The first-order chi connectivity index (χ1) is 13.8. The number of thioether (sulfide) groups is 1. The van der Waals surface area contributed by atoms with E-state index in [-0.39, 0.29) is 24.1 Å². The lowest BCUT2D eigenvalue weighted by Crippen LogP contribution is -2.36. The van der Waals surface area contributed by atoms with E-state index in [4.69, 9.17) is 0 Å². The number of nitrogens with one attached hydrogen (secondary N) is 1. The second-order valence-electron chi connectivity index (χ2n) is 7.70. The second-order valence-corrected chi connectivity index (χ2v) is 8.65. The largest absolute Gasteiger partial charge is 0.336 e. The topological polar surface area (TPSA) is 93.0 Å². The van der Waals surface area contributed by atoms with Gasteiger partial charge in [-0.2, -0.15) is 0 Å². The Hall–Kier alpha value is -2.42. The highest BCUT2D eigenvalue weighted by molar-refractivity contribution is 7.99. The highest BCUT2D eigenvalue weighted by Gasteiger charge is 2.23. The number of carbonyl (C=O) groups excluding carboxylic acids is 2. The Kier molecular flexibility index (Phi) is 6.89. The van der Waals surface area contributed by atoms with Crippen LogP contribution in [0.15, 0.2) is 17.3 Å². The molecule has 0 spiro atoms. The zero-order valence-corrected chi connectivity index (χ0v) is 18.3. The molecule has 8 nitrogen and oxygen atoms in total. The average Bonchev–Trinajstić information content (AvgIpc) is 3.33. The van der Waals surface area contributed by atoms with Crippen molar-refractivity contribution in [3.8, 4) is 0 Å². The maximum atomic E-state index is 12.5. The molecule has 1 aliphatic carbocycles. The molecule has 0 radical (unpaired) electrons. The molecule has 2 aromatic rings. The number of anilines is 1. The standard InChI is InChI=1S/C20H28N6O2S/c1-13-9-14(2)19(15(3)10-13)21-17(27)11-25(4)18(28)12-29-20-22-23-24-26(20)16-7-5-6-8-16/h9-10,16H,5-8,11-12H2,1-4H3,(H,21,27). The Labute approximate surface area is 175 Å². The van der Waals surface area contributed by atoms with E-state index in [0.717, 1.165) is 35.2 Å². The fraction of sp³-hybridized carbons (Fsp3) is 0.550. The van der Waals surface area contributed by atoms with Gasteiger partial charge in [-0.1, -0.05) is 42.3 Å². The summed E-state index contributed by atoms with van der Waals surface area (Å²) < 4.78 is 1.83. The van der Waals surface area contributed by atoms with Gasteiger partial charge in [-0.25, -0.2) is 4.68 Å². The van der Waals surface area contributed by atoms with Crippen LogP contribution in [0.4, 0.5) is 5.69 Å². The Bertz CT molecular complexity index is 868. The molecule has 1 saturated carbocycles. The highest BCUT2D eigenvalue weighted by Crippen LogP contribution is 2.31. The molecule has 1 heterocycles. The van der Waals surface area contributed by atoms with Gasteiger partial charge in [0, 0.05) is 12.7 Å². The molecule has 3 rings (SSSR count). The van der Waals surface area contributed by atoms with Crippen molar-refractivity contribution < 1.29 is 9.59 Å². The summed E-state index contributed by atoms with van der Waals surface area (Å²) in [6.07, 6.45) is 4.52. The third kappa shape index (κ3) is 5.35. The lowest BCUT2D eigenvalue weighted by Gasteiger charge is -2.18. The minimum Gasteiger partial charge on any atom is -0.336 e. The normalized spacial score (nSPS) is 14.2. The molecule has 1 aromatic heterocycles. The van der Waals surface area contributed by atoms with Gasteiger partial charge >= 0.3 is 0 Å². The molecule has 0 atom stereocenters. The zero-order valence-electron chi connectivity index (χ0n) is 17.4. The number of nitrogens with zero attached hydrogens (tertiary/aromatic N) is 5. The summed E-state index contributed by atoms with van der Waals surface area (Å²) in [6, 6.07) is 4.39. The van der Waals surface area contributed by atoms with Crippen LogP contribution in [0.3, 0.4) is 0 Å². The van der Waals surface area contributed by atoms with Crippen LogP contribution < -0.4 is 5.32 Å². The fourth-order valence-electron chi connectivity index (χ4n) is 3.75. The summed E-state index contributed by atoms with van der Waals surface area (Å²) in [6.45, 7) is 5.96. The van der Waals surface area contributed by atoms with Crippen LogP contribution in [0.2, 0.25) is 0 Å². The van der Waals surface area contributed by atoms with E-state index in [0.29, 0.717) is 11.2 Å². The average molecular weight is 417 g/mol. The number of aryl methyl sites for hydroxylation is 3.